The Balaban J connectivity index is 1.41. The lowest BCUT2D eigenvalue weighted by atomic mass is 10.1. The summed E-state index contributed by atoms with van der Waals surface area (Å²) in [6.45, 7) is 2.28. The maximum Gasteiger partial charge on any atom is 0.349 e. The monoisotopic (exact) mass is 438 g/mol. The van der Waals surface area contributed by atoms with Crippen molar-refractivity contribution in [3.05, 3.63) is 34.0 Å². The maximum atomic E-state index is 15.0. The summed E-state index contributed by atoms with van der Waals surface area (Å²) >= 11 is 0. The van der Waals surface area contributed by atoms with E-state index in [1.807, 2.05) is 6.92 Å². The van der Waals surface area contributed by atoms with Crippen molar-refractivity contribution in [3.8, 4) is 0 Å². The highest BCUT2D eigenvalue weighted by molar-refractivity contribution is 5.93. The summed E-state index contributed by atoms with van der Waals surface area (Å²) in [6, 6.07) is 0.405. The third-order valence-corrected chi connectivity index (χ3v) is 6.65. The molecule has 31 heavy (non-hydrogen) atoms. The van der Waals surface area contributed by atoms with Gasteiger partial charge in [0.1, 0.15) is 5.82 Å². The molecule has 3 aliphatic rings. The molecule has 3 unspecified atom stereocenters. The third kappa shape index (κ3) is 3.49. The van der Waals surface area contributed by atoms with Crippen LogP contribution in [0, 0.1) is 0 Å². The van der Waals surface area contributed by atoms with Crippen LogP contribution < -0.4 is 27.8 Å². The minimum absolute atomic E-state index is 0.0480. The van der Waals surface area contributed by atoms with Crippen molar-refractivity contribution >= 4 is 11.7 Å². The van der Waals surface area contributed by atoms with Gasteiger partial charge in [-0.25, -0.2) is 13.6 Å². The van der Waals surface area contributed by atoms with Crippen LogP contribution in [0.25, 0.3) is 0 Å². The molecule has 2 heterocycles. The lowest BCUT2D eigenvalue weighted by Crippen LogP contribution is -2.36. The van der Waals surface area contributed by atoms with E-state index < -0.39 is 35.3 Å². The number of amides is 1. The molecule has 0 aromatic carbocycles. The van der Waals surface area contributed by atoms with Gasteiger partial charge in [-0.1, -0.05) is 6.92 Å². The molecular formula is C20H28F2N6O3. The molecule has 2 saturated carbocycles. The molecule has 11 heteroatoms. The Morgan fingerprint density at radius 1 is 1.42 bits per heavy atom. The summed E-state index contributed by atoms with van der Waals surface area (Å²) in [6.07, 6.45) is 2.44. The first-order valence-corrected chi connectivity index (χ1v) is 10.4. The first-order chi connectivity index (χ1) is 14.6. The van der Waals surface area contributed by atoms with Gasteiger partial charge in [-0.15, -0.1) is 0 Å². The average Bonchev–Trinajstić information content (AvgIpc) is 3.58. The predicted molar refractivity (Wildman–Crippen MR) is 109 cm³/mol. The van der Waals surface area contributed by atoms with Crippen LogP contribution in [0.3, 0.4) is 0 Å². The van der Waals surface area contributed by atoms with Crippen LogP contribution in [0.2, 0.25) is 0 Å². The highest BCUT2D eigenvalue weighted by Crippen LogP contribution is 2.71. The van der Waals surface area contributed by atoms with E-state index in [2.05, 4.69) is 15.6 Å². The lowest BCUT2D eigenvalue weighted by molar-refractivity contribution is -0.117. The molecule has 1 aliphatic heterocycles. The fraction of sp³-hybridized carbons (Fsp3) is 0.650. The summed E-state index contributed by atoms with van der Waals surface area (Å²) < 4.78 is 37.2. The van der Waals surface area contributed by atoms with Gasteiger partial charge in [-0.2, -0.15) is 4.98 Å². The number of nitrogens with zero attached hydrogens (tertiary/aromatic N) is 2. The second-order valence-electron chi connectivity index (χ2n) is 8.60. The number of nitrogens with two attached hydrogens (primary N) is 2. The molecule has 6 N–H and O–H groups in total. The van der Waals surface area contributed by atoms with Gasteiger partial charge in [0.25, 0.3) is 5.92 Å². The molecule has 0 radical (unpaired) electrons. The first-order valence-electron chi connectivity index (χ1n) is 10.4. The van der Waals surface area contributed by atoms with E-state index >= 15 is 8.78 Å². The number of carbonyl (C=O) groups is 1. The van der Waals surface area contributed by atoms with Gasteiger partial charge in [0, 0.05) is 43.4 Å². The number of nitrogen functional groups attached to an aromatic ring is 1. The zero-order chi connectivity index (χ0) is 22.6. The Labute approximate surface area is 178 Å². The number of likely N-dealkylation sites (N-methyl/N-ethyl adjacent to an activating group) is 1. The number of hydrogen-bond acceptors (Lipinski definition) is 7. The number of aromatic nitrogens is 2. The zero-order valence-corrected chi connectivity index (χ0v) is 17.6. The Bertz CT molecular complexity index is 995. The molecular weight excluding hydrogens is 410 g/mol. The molecule has 1 aromatic rings. The molecule has 2 aliphatic carbocycles. The van der Waals surface area contributed by atoms with E-state index in [1.165, 1.54) is 23.9 Å². The summed E-state index contributed by atoms with van der Waals surface area (Å²) in [5.74, 6) is -3.25. The van der Waals surface area contributed by atoms with Crippen molar-refractivity contribution in [2.45, 2.75) is 68.2 Å². The van der Waals surface area contributed by atoms with Gasteiger partial charge in [-0.3, -0.25) is 9.36 Å². The van der Waals surface area contributed by atoms with Gasteiger partial charge in [0.2, 0.25) is 5.91 Å². The standard InChI is InChI=1S/C20H28F2N6O3/c1-3-12(23)11(16(29)25-2)4-6-26-13-8-18(13)10-20(21,22)19(31-18)9-14(19)28-7-5-15(24)27-17(28)30/h5,7,13-14,26H,3-4,6,8-10,23H2,1-2H3,(H,25,29)(H2,24,27,30)/t13-,14?,18?,19?/m0/s1. The molecule has 3 fully saturated rings. The SMILES string of the molecule is CCC(N)=C(CCN[C@H]1CC12CC(F)(F)C1(CC1n1ccc(N)nc1=O)O2)C(=O)NC. The largest absolute Gasteiger partial charge is 0.402 e. The average molecular weight is 438 g/mol. The Hall–Kier alpha value is -2.53. The van der Waals surface area contributed by atoms with Crippen LogP contribution in [-0.2, 0) is 9.53 Å². The van der Waals surface area contributed by atoms with Crippen LogP contribution in [0.5, 0.6) is 0 Å². The van der Waals surface area contributed by atoms with E-state index in [0.717, 1.165) is 0 Å². The van der Waals surface area contributed by atoms with Gasteiger partial charge >= 0.3 is 5.69 Å². The molecule has 1 saturated heterocycles. The minimum Gasteiger partial charge on any atom is -0.402 e. The number of ether oxygens (including phenoxy) is 1. The summed E-state index contributed by atoms with van der Waals surface area (Å²) in [5.41, 5.74) is 9.13. The van der Waals surface area contributed by atoms with Crippen molar-refractivity contribution < 1.29 is 18.3 Å². The molecule has 4 rings (SSSR count). The second kappa shape index (κ2) is 7.27. The van der Waals surface area contributed by atoms with Crippen LogP contribution in [-0.4, -0.2) is 52.2 Å². The summed E-state index contributed by atoms with van der Waals surface area (Å²) in [5, 5.41) is 5.80. The molecule has 0 bridgehead atoms. The predicted octanol–water partition coefficient (Wildman–Crippen LogP) is 0.424. The number of anilines is 1. The highest BCUT2D eigenvalue weighted by atomic mass is 19.3. The van der Waals surface area contributed by atoms with Crippen molar-refractivity contribution in [3.63, 3.8) is 0 Å². The van der Waals surface area contributed by atoms with E-state index in [0.29, 0.717) is 37.1 Å². The van der Waals surface area contributed by atoms with E-state index in [4.69, 9.17) is 16.2 Å². The van der Waals surface area contributed by atoms with Gasteiger partial charge in [-0.05, 0) is 31.9 Å². The zero-order valence-electron chi connectivity index (χ0n) is 17.6. The Morgan fingerprint density at radius 2 is 2.16 bits per heavy atom. The number of carbonyl (C=O) groups excluding carboxylic acids is 1. The molecule has 2 spiro atoms. The molecule has 4 atom stereocenters. The summed E-state index contributed by atoms with van der Waals surface area (Å²) in [4.78, 5) is 27.7. The number of allylic oxidation sites excluding steroid dienone is 1. The fourth-order valence-corrected chi connectivity index (χ4v) is 4.72. The number of alkyl halides is 2. The highest BCUT2D eigenvalue weighted by Gasteiger charge is 2.83. The van der Waals surface area contributed by atoms with Crippen LogP contribution in [0.15, 0.2) is 28.3 Å². The second-order valence-corrected chi connectivity index (χ2v) is 8.60. The topological polar surface area (TPSA) is 137 Å². The first kappa shape index (κ1) is 21.7. The van der Waals surface area contributed by atoms with Crippen molar-refractivity contribution in [1.29, 1.82) is 0 Å². The van der Waals surface area contributed by atoms with Crippen molar-refractivity contribution in [2.24, 2.45) is 5.73 Å². The van der Waals surface area contributed by atoms with Crippen LogP contribution >= 0.6 is 0 Å². The van der Waals surface area contributed by atoms with E-state index in [1.54, 1.807) is 0 Å². The maximum absolute atomic E-state index is 15.0. The Morgan fingerprint density at radius 3 is 2.81 bits per heavy atom. The Kier molecular flexibility index (Phi) is 5.08. The third-order valence-electron chi connectivity index (χ3n) is 6.65. The molecule has 9 nitrogen and oxygen atoms in total. The smallest absolute Gasteiger partial charge is 0.349 e. The number of nitrogens with one attached hydrogen (secondary N) is 2. The fourth-order valence-electron chi connectivity index (χ4n) is 4.72. The van der Waals surface area contributed by atoms with Gasteiger partial charge < -0.3 is 26.8 Å². The number of rotatable bonds is 7. The number of hydrogen-bond donors (Lipinski definition) is 4. The summed E-state index contributed by atoms with van der Waals surface area (Å²) in [7, 11) is 1.54. The van der Waals surface area contributed by atoms with Crippen LogP contribution in [0.4, 0.5) is 14.6 Å². The molecule has 1 amide bonds. The van der Waals surface area contributed by atoms with Crippen LogP contribution in [0.1, 0.15) is 45.1 Å². The van der Waals surface area contributed by atoms with Crippen molar-refractivity contribution in [2.75, 3.05) is 19.3 Å². The molecule has 170 valence electrons. The lowest BCUT2D eigenvalue weighted by Gasteiger charge is -2.19. The van der Waals surface area contributed by atoms with E-state index in [-0.39, 0.29) is 24.2 Å². The van der Waals surface area contributed by atoms with Gasteiger partial charge in [0.15, 0.2) is 5.60 Å². The number of halogens is 2. The van der Waals surface area contributed by atoms with Crippen molar-refractivity contribution in [1.82, 2.24) is 20.2 Å². The normalized spacial score (nSPS) is 33.4. The molecule has 1 aromatic heterocycles. The minimum atomic E-state index is -3.06. The van der Waals surface area contributed by atoms with E-state index in [9.17, 15) is 9.59 Å². The quantitative estimate of drug-likeness (QED) is 0.453. The van der Waals surface area contributed by atoms with Gasteiger partial charge in [0.05, 0.1) is 11.6 Å².